The van der Waals surface area contributed by atoms with Gasteiger partial charge in [0.2, 0.25) is 0 Å². The fourth-order valence-corrected chi connectivity index (χ4v) is 2.32. The number of rotatable bonds is 6. The van der Waals surface area contributed by atoms with Crippen molar-refractivity contribution in [2.24, 2.45) is 5.73 Å². The first-order valence-electron chi connectivity index (χ1n) is 6.82. The van der Waals surface area contributed by atoms with Gasteiger partial charge in [0.1, 0.15) is 0 Å². The van der Waals surface area contributed by atoms with Gasteiger partial charge in [-0.05, 0) is 49.4 Å². The molecule has 1 aromatic rings. The molecular formula is C15H24N2. The van der Waals surface area contributed by atoms with Gasteiger partial charge < -0.3 is 10.6 Å². The maximum atomic E-state index is 5.72. The number of hydrogen-bond acceptors (Lipinski definition) is 2. The number of benzene rings is 1. The summed E-state index contributed by atoms with van der Waals surface area (Å²) < 4.78 is 0. The highest BCUT2D eigenvalue weighted by Crippen LogP contribution is 2.32. The van der Waals surface area contributed by atoms with Crippen molar-refractivity contribution >= 4 is 5.69 Å². The van der Waals surface area contributed by atoms with Gasteiger partial charge in [-0.15, -0.1) is 0 Å². The Hall–Kier alpha value is -1.02. The van der Waals surface area contributed by atoms with Crippen LogP contribution in [0.2, 0.25) is 0 Å². The van der Waals surface area contributed by atoms with Crippen molar-refractivity contribution in [3.63, 3.8) is 0 Å². The first kappa shape index (κ1) is 12.4. The van der Waals surface area contributed by atoms with Crippen molar-refractivity contribution in [3.8, 4) is 0 Å². The lowest BCUT2D eigenvalue weighted by Gasteiger charge is -2.25. The third-order valence-corrected chi connectivity index (χ3v) is 3.62. The molecule has 0 atom stereocenters. The van der Waals surface area contributed by atoms with E-state index < -0.39 is 0 Å². The van der Waals surface area contributed by atoms with E-state index in [2.05, 4.69) is 36.9 Å². The monoisotopic (exact) mass is 232 g/mol. The molecule has 2 rings (SSSR count). The summed E-state index contributed by atoms with van der Waals surface area (Å²) in [6, 6.07) is 7.52. The average Bonchev–Trinajstić information content (AvgIpc) is 3.14. The molecule has 94 valence electrons. The van der Waals surface area contributed by atoms with Crippen molar-refractivity contribution < 1.29 is 0 Å². The molecule has 0 radical (unpaired) electrons. The van der Waals surface area contributed by atoms with Gasteiger partial charge in [-0.2, -0.15) is 0 Å². The lowest BCUT2D eigenvalue weighted by molar-refractivity contribution is 0.712. The van der Waals surface area contributed by atoms with Crippen molar-refractivity contribution in [3.05, 3.63) is 29.3 Å². The van der Waals surface area contributed by atoms with Gasteiger partial charge in [0.05, 0.1) is 0 Å². The highest BCUT2D eigenvalue weighted by Gasteiger charge is 2.28. The Morgan fingerprint density at radius 1 is 1.35 bits per heavy atom. The van der Waals surface area contributed by atoms with Gasteiger partial charge in [-0.3, -0.25) is 0 Å². The van der Waals surface area contributed by atoms with Gasteiger partial charge in [0.15, 0.2) is 0 Å². The maximum Gasteiger partial charge on any atom is 0.0371 e. The minimum absolute atomic E-state index is 0.643. The second-order valence-corrected chi connectivity index (χ2v) is 5.09. The number of hydrogen-bond donors (Lipinski definition) is 1. The van der Waals surface area contributed by atoms with E-state index >= 15 is 0 Å². The first-order chi connectivity index (χ1) is 8.26. The molecule has 0 unspecified atom stereocenters. The molecule has 0 spiro atoms. The minimum Gasteiger partial charge on any atom is -0.369 e. The molecule has 0 saturated heterocycles. The van der Waals surface area contributed by atoms with Gasteiger partial charge in [0.25, 0.3) is 0 Å². The molecule has 0 amide bonds. The van der Waals surface area contributed by atoms with Crippen LogP contribution >= 0.6 is 0 Å². The summed E-state index contributed by atoms with van der Waals surface area (Å²) in [5.41, 5.74) is 9.69. The van der Waals surface area contributed by atoms with E-state index in [9.17, 15) is 0 Å². The number of anilines is 1. The molecule has 1 aliphatic rings. The van der Waals surface area contributed by atoms with E-state index in [1.165, 1.54) is 49.0 Å². The van der Waals surface area contributed by atoms with Crippen LogP contribution < -0.4 is 10.6 Å². The lowest BCUT2D eigenvalue weighted by Crippen LogP contribution is -2.26. The summed E-state index contributed by atoms with van der Waals surface area (Å²) in [4.78, 5) is 2.58. The Morgan fingerprint density at radius 2 is 2.12 bits per heavy atom. The van der Waals surface area contributed by atoms with Crippen LogP contribution in [0.1, 0.15) is 43.7 Å². The molecule has 0 bridgehead atoms. The third kappa shape index (κ3) is 3.01. The van der Waals surface area contributed by atoms with Crippen molar-refractivity contribution in [2.45, 2.75) is 52.1 Å². The zero-order chi connectivity index (χ0) is 12.3. The predicted octanol–water partition coefficient (Wildman–Crippen LogP) is 3.22. The largest absolute Gasteiger partial charge is 0.369 e. The number of aryl methyl sites for hydroxylation is 1. The first-order valence-corrected chi connectivity index (χ1v) is 6.82. The highest BCUT2D eigenvalue weighted by atomic mass is 15.2. The van der Waals surface area contributed by atoms with Crippen LogP contribution in [0.3, 0.4) is 0 Å². The summed E-state index contributed by atoms with van der Waals surface area (Å²) in [7, 11) is 0. The summed E-state index contributed by atoms with van der Waals surface area (Å²) in [5.74, 6) is 0. The number of nitrogens with zero attached hydrogens (tertiary/aromatic N) is 1. The number of unbranched alkanes of at least 4 members (excludes halogenated alkanes) is 1. The minimum atomic E-state index is 0.643. The predicted molar refractivity (Wildman–Crippen MR) is 74.3 cm³/mol. The molecule has 17 heavy (non-hydrogen) atoms. The summed E-state index contributed by atoms with van der Waals surface area (Å²) in [6.07, 6.45) is 5.28. The highest BCUT2D eigenvalue weighted by molar-refractivity contribution is 5.52. The van der Waals surface area contributed by atoms with Crippen LogP contribution in [0.25, 0.3) is 0 Å². The summed E-state index contributed by atoms with van der Waals surface area (Å²) >= 11 is 0. The Kier molecular flexibility index (Phi) is 4.06. The quantitative estimate of drug-likeness (QED) is 0.816. The average molecular weight is 232 g/mol. The smallest absolute Gasteiger partial charge is 0.0371 e. The van der Waals surface area contributed by atoms with Crippen molar-refractivity contribution in [1.29, 1.82) is 0 Å². The van der Waals surface area contributed by atoms with E-state index in [1.54, 1.807) is 0 Å². The van der Waals surface area contributed by atoms with Crippen molar-refractivity contribution in [1.82, 2.24) is 0 Å². The molecule has 1 aromatic carbocycles. The SMILES string of the molecule is CCCCN(c1ccc(CN)c(C)c1)C1CC1. The van der Waals surface area contributed by atoms with Gasteiger partial charge in [-0.25, -0.2) is 0 Å². The van der Waals surface area contributed by atoms with E-state index in [0.29, 0.717) is 6.54 Å². The molecule has 1 saturated carbocycles. The molecule has 1 aliphatic carbocycles. The van der Waals surface area contributed by atoms with Gasteiger partial charge in [0, 0.05) is 24.8 Å². The Bertz CT molecular complexity index is 369. The van der Waals surface area contributed by atoms with Crippen LogP contribution in [0.15, 0.2) is 18.2 Å². The van der Waals surface area contributed by atoms with E-state index in [-0.39, 0.29) is 0 Å². The van der Waals surface area contributed by atoms with Crippen LogP contribution in [-0.2, 0) is 6.54 Å². The fourth-order valence-electron chi connectivity index (χ4n) is 2.32. The lowest BCUT2D eigenvalue weighted by atomic mass is 10.1. The molecule has 0 aliphatic heterocycles. The topological polar surface area (TPSA) is 29.3 Å². The zero-order valence-corrected chi connectivity index (χ0v) is 11.1. The number of nitrogens with two attached hydrogens (primary N) is 1. The van der Waals surface area contributed by atoms with E-state index in [1.807, 2.05) is 0 Å². The third-order valence-electron chi connectivity index (χ3n) is 3.62. The summed E-state index contributed by atoms with van der Waals surface area (Å²) in [6.45, 7) is 6.26. The molecule has 1 fully saturated rings. The Morgan fingerprint density at radius 3 is 2.65 bits per heavy atom. The molecular weight excluding hydrogens is 208 g/mol. The van der Waals surface area contributed by atoms with Crippen LogP contribution in [-0.4, -0.2) is 12.6 Å². The van der Waals surface area contributed by atoms with Crippen LogP contribution in [0.5, 0.6) is 0 Å². The summed E-state index contributed by atoms with van der Waals surface area (Å²) in [5, 5.41) is 0. The molecule has 0 heterocycles. The van der Waals surface area contributed by atoms with Gasteiger partial charge >= 0.3 is 0 Å². The molecule has 2 heteroatoms. The maximum absolute atomic E-state index is 5.72. The van der Waals surface area contributed by atoms with E-state index in [0.717, 1.165) is 6.04 Å². The Balaban J connectivity index is 2.14. The molecule has 2 N–H and O–H groups in total. The Labute approximate surface area is 105 Å². The second-order valence-electron chi connectivity index (χ2n) is 5.09. The van der Waals surface area contributed by atoms with Crippen molar-refractivity contribution in [2.75, 3.05) is 11.4 Å². The molecule has 2 nitrogen and oxygen atoms in total. The van der Waals surface area contributed by atoms with Crippen LogP contribution in [0, 0.1) is 6.92 Å². The second kappa shape index (κ2) is 5.54. The van der Waals surface area contributed by atoms with Crippen LogP contribution in [0.4, 0.5) is 5.69 Å². The normalized spacial score (nSPS) is 15.0. The standard InChI is InChI=1S/C15H24N2/c1-3-4-9-17(14-7-8-14)15-6-5-13(11-16)12(2)10-15/h5-6,10,14H,3-4,7-9,11,16H2,1-2H3. The molecule has 0 aromatic heterocycles. The zero-order valence-electron chi connectivity index (χ0n) is 11.1. The fraction of sp³-hybridized carbons (Fsp3) is 0.600. The van der Waals surface area contributed by atoms with Gasteiger partial charge in [-0.1, -0.05) is 19.4 Å². The van der Waals surface area contributed by atoms with E-state index in [4.69, 9.17) is 5.73 Å².